The quantitative estimate of drug-likeness (QED) is 0.542. The van der Waals surface area contributed by atoms with Gasteiger partial charge in [0, 0.05) is 17.4 Å². The number of anilines is 1. The molecule has 33 heavy (non-hydrogen) atoms. The van der Waals surface area contributed by atoms with Gasteiger partial charge in [-0.15, -0.1) is 0 Å². The number of amides is 1. The summed E-state index contributed by atoms with van der Waals surface area (Å²) in [6.45, 7) is 3.88. The summed E-state index contributed by atoms with van der Waals surface area (Å²) in [5, 5.41) is 4.79. The number of rotatable bonds is 7. The molecule has 0 bridgehead atoms. The highest BCUT2D eigenvalue weighted by molar-refractivity contribution is 7.92. The number of benzene rings is 3. The summed E-state index contributed by atoms with van der Waals surface area (Å²) in [5.41, 5.74) is 1.05. The summed E-state index contributed by atoms with van der Waals surface area (Å²) >= 11 is 0. The molecular weight excluding hydrogens is 436 g/mol. The topological polar surface area (TPSA) is 75.7 Å². The maximum Gasteiger partial charge on any atom is 0.241 e. The number of sulfonamides is 1. The van der Waals surface area contributed by atoms with Gasteiger partial charge in [-0.3, -0.25) is 9.10 Å². The van der Waals surface area contributed by atoms with Crippen molar-refractivity contribution < 1.29 is 17.9 Å². The van der Waals surface area contributed by atoms with E-state index in [0.29, 0.717) is 12.1 Å². The summed E-state index contributed by atoms with van der Waals surface area (Å²) in [4.78, 5) is 13.2. The lowest BCUT2D eigenvalue weighted by Crippen LogP contribution is -2.47. The minimum Gasteiger partial charge on any atom is -0.487 e. The predicted octanol–water partition coefficient (Wildman–Crippen LogP) is 4.80. The van der Waals surface area contributed by atoms with Crippen molar-refractivity contribution in [2.45, 2.75) is 44.8 Å². The second kappa shape index (κ2) is 9.06. The monoisotopic (exact) mass is 466 g/mol. The van der Waals surface area contributed by atoms with Crippen LogP contribution in [0.1, 0.15) is 44.7 Å². The maximum atomic E-state index is 13.2. The van der Waals surface area contributed by atoms with E-state index in [1.165, 1.54) is 4.31 Å². The van der Waals surface area contributed by atoms with Crippen LogP contribution in [0.15, 0.2) is 66.7 Å². The number of ether oxygens (including phenoxy) is 1. The Bertz CT molecular complexity index is 1260. The molecular formula is C26H30N2O4S. The first-order chi connectivity index (χ1) is 15.8. The van der Waals surface area contributed by atoms with Gasteiger partial charge in [0.25, 0.3) is 0 Å². The second-order valence-electron chi connectivity index (χ2n) is 8.62. The number of nitrogens with zero attached hydrogens (tertiary/aromatic N) is 1. The van der Waals surface area contributed by atoms with Crippen LogP contribution in [0.25, 0.3) is 10.8 Å². The molecule has 0 spiro atoms. The first-order valence-electron chi connectivity index (χ1n) is 11.3. The van der Waals surface area contributed by atoms with Crippen molar-refractivity contribution in [3.63, 3.8) is 0 Å². The average Bonchev–Trinajstić information content (AvgIpc) is 2.81. The van der Waals surface area contributed by atoms with E-state index in [2.05, 4.69) is 19.2 Å². The van der Waals surface area contributed by atoms with E-state index in [0.717, 1.165) is 41.2 Å². The third kappa shape index (κ3) is 4.69. The molecule has 4 rings (SSSR count). The summed E-state index contributed by atoms with van der Waals surface area (Å²) < 4.78 is 33.0. The van der Waals surface area contributed by atoms with Crippen LogP contribution in [-0.2, 0) is 14.8 Å². The number of hydrogen-bond acceptors (Lipinski definition) is 4. The number of hydrogen-bond donors (Lipinski definition) is 1. The zero-order chi connectivity index (χ0) is 23.6. The highest BCUT2D eigenvalue weighted by Crippen LogP contribution is 2.42. The molecule has 3 aromatic rings. The van der Waals surface area contributed by atoms with Crippen molar-refractivity contribution >= 4 is 32.4 Å². The third-order valence-electron chi connectivity index (χ3n) is 6.54. The van der Waals surface area contributed by atoms with Gasteiger partial charge < -0.3 is 10.1 Å². The zero-order valence-electron chi connectivity index (χ0n) is 19.2. The standard InChI is InChI=1S/C26H30N2O4S/c1-4-26(5-2)17-22(21-14-8-9-16-24(21)32-26)27-25(29)18-28(33(3,30)31)23-15-10-12-19-11-6-7-13-20(19)23/h6-16,22H,4-5,17-18H2,1-3H3,(H,27,29)/t22-/m0/s1. The highest BCUT2D eigenvalue weighted by Gasteiger charge is 2.39. The van der Waals surface area contributed by atoms with Gasteiger partial charge in [-0.2, -0.15) is 0 Å². The fourth-order valence-corrected chi connectivity index (χ4v) is 5.48. The smallest absolute Gasteiger partial charge is 0.241 e. The molecule has 1 aliphatic heterocycles. The van der Waals surface area contributed by atoms with Crippen molar-refractivity contribution in [1.82, 2.24) is 5.32 Å². The Morgan fingerprint density at radius 1 is 1.03 bits per heavy atom. The molecule has 3 aromatic carbocycles. The molecule has 1 N–H and O–H groups in total. The molecule has 0 saturated heterocycles. The van der Waals surface area contributed by atoms with Crippen molar-refractivity contribution in [2.24, 2.45) is 0 Å². The maximum absolute atomic E-state index is 13.2. The van der Waals surface area contributed by atoms with Gasteiger partial charge in [0.2, 0.25) is 15.9 Å². The second-order valence-corrected chi connectivity index (χ2v) is 10.5. The third-order valence-corrected chi connectivity index (χ3v) is 7.67. The molecule has 1 aliphatic rings. The Balaban J connectivity index is 1.64. The van der Waals surface area contributed by atoms with E-state index in [-0.39, 0.29) is 24.1 Å². The van der Waals surface area contributed by atoms with E-state index in [1.54, 1.807) is 12.1 Å². The molecule has 0 radical (unpaired) electrons. The minimum atomic E-state index is -3.69. The number of fused-ring (bicyclic) bond motifs is 2. The van der Waals surface area contributed by atoms with Gasteiger partial charge in [0.05, 0.1) is 18.0 Å². The Labute approximate surface area is 195 Å². The SMILES string of the molecule is CCC1(CC)C[C@H](NC(=O)CN(c2cccc3ccccc23)S(C)(=O)=O)c2ccccc2O1. The van der Waals surface area contributed by atoms with Crippen LogP contribution in [0, 0.1) is 0 Å². The molecule has 0 unspecified atom stereocenters. The summed E-state index contributed by atoms with van der Waals surface area (Å²) in [6.07, 6.45) is 3.40. The van der Waals surface area contributed by atoms with Crippen LogP contribution < -0.4 is 14.4 Å². The van der Waals surface area contributed by atoms with Crippen molar-refractivity contribution in [2.75, 3.05) is 17.1 Å². The molecule has 1 heterocycles. The van der Waals surface area contributed by atoms with Crippen LogP contribution in [0.4, 0.5) is 5.69 Å². The van der Waals surface area contributed by atoms with Crippen molar-refractivity contribution in [3.8, 4) is 5.75 Å². The van der Waals surface area contributed by atoms with Crippen LogP contribution >= 0.6 is 0 Å². The normalized spacial score (nSPS) is 17.1. The number of nitrogens with one attached hydrogen (secondary N) is 1. The van der Waals surface area contributed by atoms with Crippen LogP contribution in [-0.4, -0.2) is 32.7 Å². The van der Waals surface area contributed by atoms with E-state index in [9.17, 15) is 13.2 Å². The molecule has 1 amide bonds. The Kier molecular flexibility index (Phi) is 6.34. The van der Waals surface area contributed by atoms with Gasteiger partial charge in [0.15, 0.2) is 0 Å². The minimum absolute atomic E-state index is 0.253. The lowest BCUT2D eigenvalue weighted by atomic mass is 9.83. The molecule has 0 aliphatic carbocycles. The molecule has 0 fully saturated rings. The first kappa shape index (κ1) is 23.1. The number of para-hydroxylation sites is 1. The van der Waals surface area contributed by atoms with Gasteiger partial charge >= 0.3 is 0 Å². The fourth-order valence-electron chi connectivity index (χ4n) is 4.61. The van der Waals surface area contributed by atoms with Crippen molar-refractivity contribution in [1.29, 1.82) is 0 Å². The van der Waals surface area contributed by atoms with Crippen molar-refractivity contribution in [3.05, 3.63) is 72.3 Å². The number of carbonyl (C=O) groups is 1. The molecule has 174 valence electrons. The summed E-state index contributed by atoms with van der Waals surface area (Å²) in [7, 11) is -3.69. The molecule has 1 atom stereocenters. The van der Waals surface area contributed by atoms with E-state index in [1.807, 2.05) is 54.6 Å². The fraction of sp³-hybridized carbons (Fsp3) is 0.346. The summed E-state index contributed by atoms with van der Waals surface area (Å²) in [6, 6.07) is 20.5. The molecule has 7 heteroatoms. The highest BCUT2D eigenvalue weighted by atomic mass is 32.2. The van der Waals surface area contributed by atoms with Gasteiger partial charge in [-0.25, -0.2) is 8.42 Å². The van der Waals surface area contributed by atoms with E-state index >= 15 is 0 Å². The van der Waals surface area contributed by atoms with Crippen LogP contribution in [0.2, 0.25) is 0 Å². The lowest BCUT2D eigenvalue weighted by molar-refractivity contribution is -0.121. The van der Waals surface area contributed by atoms with E-state index in [4.69, 9.17) is 4.74 Å². The first-order valence-corrected chi connectivity index (χ1v) is 13.1. The average molecular weight is 467 g/mol. The van der Waals surface area contributed by atoms with Gasteiger partial charge in [-0.1, -0.05) is 68.4 Å². The predicted molar refractivity (Wildman–Crippen MR) is 132 cm³/mol. The van der Waals surface area contributed by atoms with Crippen LogP contribution in [0.3, 0.4) is 0 Å². The molecule has 0 aromatic heterocycles. The molecule has 6 nitrogen and oxygen atoms in total. The van der Waals surface area contributed by atoms with Gasteiger partial charge in [-0.05, 0) is 30.4 Å². The van der Waals surface area contributed by atoms with E-state index < -0.39 is 10.0 Å². The number of carbonyl (C=O) groups excluding carboxylic acids is 1. The Morgan fingerprint density at radius 3 is 2.42 bits per heavy atom. The summed E-state index contributed by atoms with van der Waals surface area (Å²) in [5.74, 6) is 0.419. The Morgan fingerprint density at radius 2 is 1.70 bits per heavy atom. The Hall–Kier alpha value is -3.06. The van der Waals surface area contributed by atoms with Gasteiger partial charge in [0.1, 0.15) is 17.9 Å². The lowest BCUT2D eigenvalue weighted by Gasteiger charge is -2.41. The van der Waals surface area contributed by atoms with Crippen LogP contribution in [0.5, 0.6) is 5.75 Å². The zero-order valence-corrected chi connectivity index (χ0v) is 20.1. The largest absolute Gasteiger partial charge is 0.487 e. The molecule has 0 saturated carbocycles.